The van der Waals surface area contributed by atoms with Gasteiger partial charge in [0, 0.05) is 26.2 Å². The fourth-order valence-corrected chi connectivity index (χ4v) is 3.88. The first-order valence-corrected chi connectivity index (χ1v) is 10.4. The van der Waals surface area contributed by atoms with E-state index in [9.17, 15) is 5.11 Å². The Morgan fingerprint density at radius 2 is 2.04 bits per heavy atom. The van der Waals surface area contributed by atoms with Crippen molar-refractivity contribution in [3.63, 3.8) is 0 Å². The van der Waals surface area contributed by atoms with E-state index in [4.69, 9.17) is 4.42 Å². The average molecular weight is 379 g/mol. The number of aliphatic imine (C=N–C) groups is 1. The number of nitrogens with one attached hydrogen (secondary N) is 2. The van der Waals surface area contributed by atoms with Crippen LogP contribution in [0.3, 0.4) is 0 Å². The Morgan fingerprint density at radius 3 is 2.67 bits per heavy atom. The van der Waals surface area contributed by atoms with Crippen LogP contribution in [0.4, 0.5) is 0 Å². The molecule has 0 aromatic carbocycles. The largest absolute Gasteiger partial charge is 0.466 e. The molecule has 0 spiro atoms. The van der Waals surface area contributed by atoms with Crippen LogP contribution in [0.2, 0.25) is 0 Å². The maximum absolute atomic E-state index is 10.5. The van der Waals surface area contributed by atoms with Crippen LogP contribution in [0.1, 0.15) is 52.7 Å². The fraction of sp³-hybridized carbons (Fsp3) is 0.762. The van der Waals surface area contributed by atoms with Crippen molar-refractivity contribution in [1.82, 2.24) is 15.5 Å². The summed E-state index contributed by atoms with van der Waals surface area (Å²) >= 11 is 0. The second-order valence-electron chi connectivity index (χ2n) is 8.29. The van der Waals surface area contributed by atoms with Gasteiger partial charge < -0.3 is 25.1 Å². The predicted octanol–water partition coefficient (Wildman–Crippen LogP) is 2.80. The number of piperidine rings is 1. The first kappa shape index (κ1) is 21.8. The summed E-state index contributed by atoms with van der Waals surface area (Å²) in [5, 5.41) is 17.1. The molecule has 3 atom stereocenters. The summed E-state index contributed by atoms with van der Waals surface area (Å²) < 4.78 is 5.31. The van der Waals surface area contributed by atoms with Gasteiger partial charge in [-0.15, -0.1) is 0 Å². The molecule has 0 saturated carbocycles. The van der Waals surface area contributed by atoms with Crippen molar-refractivity contribution < 1.29 is 9.52 Å². The molecule has 3 N–H and O–H groups in total. The normalized spacial score (nSPS) is 23.8. The van der Waals surface area contributed by atoms with Crippen LogP contribution in [0, 0.1) is 11.8 Å². The third-order valence-electron chi connectivity index (χ3n) is 5.08. The molecule has 1 aromatic rings. The van der Waals surface area contributed by atoms with Gasteiger partial charge in [0.15, 0.2) is 5.96 Å². The van der Waals surface area contributed by atoms with Crippen molar-refractivity contribution >= 4 is 5.96 Å². The molecule has 0 aliphatic carbocycles. The molecule has 1 aliphatic rings. The standard InChI is InChI=1S/C21H38N4O2/c1-5-22-20(24-16-21(4,26)19-9-8-12-27-19)23-10-6-7-11-25-14-17(2)13-18(3)15-25/h8-9,12,17-18,26H,5-7,10-11,13-16H2,1-4H3,(H2,22,23,24). The van der Waals surface area contributed by atoms with Crippen molar-refractivity contribution in [3.8, 4) is 0 Å². The van der Waals surface area contributed by atoms with Gasteiger partial charge in [-0.2, -0.15) is 0 Å². The van der Waals surface area contributed by atoms with E-state index < -0.39 is 5.60 Å². The van der Waals surface area contributed by atoms with Crippen LogP contribution in [-0.4, -0.2) is 55.2 Å². The average Bonchev–Trinajstić information content (AvgIpc) is 3.14. The van der Waals surface area contributed by atoms with Crippen molar-refractivity contribution in [2.24, 2.45) is 16.8 Å². The minimum Gasteiger partial charge on any atom is -0.466 e. The van der Waals surface area contributed by atoms with Crippen molar-refractivity contribution in [1.29, 1.82) is 0 Å². The number of furan rings is 1. The highest BCUT2D eigenvalue weighted by Crippen LogP contribution is 2.21. The number of guanidine groups is 1. The monoisotopic (exact) mass is 378 g/mol. The molecule has 154 valence electrons. The zero-order valence-corrected chi connectivity index (χ0v) is 17.5. The van der Waals surface area contributed by atoms with Gasteiger partial charge in [0.25, 0.3) is 0 Å². The number of hydrogen-bond acceptors (Lipinski definition) is 4. The Morgan fingerprint density at radius 1 is 1.30 bits per heavy atom. The van der Waals surface area contributed by atoms with Gasteiger partial charge in [-0.05, 0) is 63.6 Å². The van der Waals surface area contributed by atoms with Gasteiger partial charge in [0.1, 0.15) is 11.4 Å². The molecule has 2 heterocycles. The lowest BCUT2D eigenvalue weighted by Crippen LogP contribution is -2.40. The summed E-state index contributed by atoms with van der Waals surface area (Å²) in [7, 11) is 0. The number of aliphatic hydroxyl groups is 1. The zero-order valence-electron chi connectivity index (χ0n) is 17.5. The molecule has 2 rings (SSSR count). The summed E-state index contributed by atoms with van der Waals surface area (Å²) in [5.74, 6) is 2.92. The summed E-state index contributed by atoms with van der Waals surface area (Å²) in [6, 6.07) is 3.55. The molecule has 3 unspecified atom stereocenters. The van der Waals surface area contributed by atoms with Crippen LogP contribution < -0.4 is 10.6 Å². The van der Waals surface area contributed by atoms with Gasteiger partial charge in [0.2, 0.25) is 0 Å². The number of unbranched alkanes of at least 4 members (excludes halogenated alkanes) is 1. The molecule has 1 aromatic heterocycles. The molecule has 0 amide bonds. The quantitative estimate of drug-likeness (QED) is 0.350. The number of hydrogen-bond donors (Lipinski definition) is 3. The molecular formula is C21H38N4O2. The van der Waals surface area contributed by atoms with E-state index in [1.54, 1.807) is 25.3 Å². The van der Waals surface area contributed by atoms with E-state index in [0.29, 0.717) is 5.76 Å². The summed E-state index contributed by atoms with van der Waals surface area (Å²) in [5.41, 5.74) is -1.10. The van der Waals surface area contributed by atoms with Gasteiger partial charge >= 0.3 is 0 Å². The van der Waals surface area contributed by atoms with E-state index in [1.807, 2.05) is 6.92 Å². The molecule has 6 heteroatoms. The van der Waals surface area contributed by atoms with E-state index in [0.717, 1.165) is 37.3 Å². The lowest BCUT2D eigenvalue weighted by atomic mass is 9.92. The molecule has 0 radical (unpaired) electrons. The lowest BCUT2D eigenvalue weighted by molar-refractivity contribution is 0.0437. The Balaban J connectivity index is 1.71. The topological polar surface area (TPSA) is 73.0 Å². The highest BCUT2D eigenvalue weighted by molar-refractivity contribution is 5.79. The second-order valence-corrected chi connectivity index (χ2v) is 8.29. The molecular weight excluding hydrogens is 340 g/mol. The molecule has 1 saturated heterocycles. The lowest BCUT2D eigenvalue weighted by Gasteiger charge is -2.34. The van der Waals surface area contributed by atoms with E-state index >= 15 is 0 Å². The van der Waals surface area contributed by atoms with Gasteiger partial charge in [-0.1, -0.05) is 13.8 Å². The molecule has 0 bridgehead atoms. The van der Waals surface area contributed by atoms with E-state index in [1.165, 1.54) is 32.5 Å². The predicted molar refractivity (Wildman–Crippen MR) is 111 cm³/mol. The minimum absolute atomic E-state index is 0.249. The van der Waals surface area contributed by atoms with Gasteiger partial charge in [-0.25, -0.2) is 4.99 Å². The zero-order chi connectivity index (χ0) is 19.7. The smallest absolute Gasteiger partial charge is 0.191 e. The van der Waals surface area contributed by atoms with Crippen LogP contribution in [0.25, 0.3) is 0 Å². The van der Waals surface area contributed by atoms with E-state index in [2.05, 4.69) is 34.4 Å². The van der Waals surface area contributed by atoms with E-state index in [-0.39, 0.29) is 6.54 Å². The van der Waals surface area contributed by atoms with Crippen LogP contribution >= 0.6 is 0 Å². The van der Waals surface area contributed by atoms with Gasteiger partial charge in [0.05, 0.1) is 12.8 Å². The third-order valence-corrected chi connectivity index (χ3v) is 5.08. The number of likely N-dealkylation sites (tertiary alicyclic amines) is 1. The highest BCUT2D eigenvalue weighted by Gasteiger charge is 2.26. The number of nitrogens with zero attached hydrogens (tertiary/aromatic N) is 2. The summed E-state index contributed by atoms with van der Waals surface area (Å²) in [4.78, 5) is 7.13. The maximum atomic E-state index is 10.5. The van der Waals surface area contributed by atoms with Crippen molar-refractivity contribution in [3.05, 3.63) is 24.2 Å². The molecule has 1 aliphatic heterocycles. The third kappa shape index (κ3) is 7.54. The van der Waals surface area contributed by atoms with Gasteiger partial charge in [-0.3, -0.25) is 0 Å². The Kier molecular flexibility index (Phi) is 8.64. The summed E-state index contributed by atoms with van der Waals surface area (Å²) in [6.45, 7) is 14.1. The summed E-state index contributed by atoms with van der Waals surface area (Å²) in [6.07, 6.45) is 5.23. The van der Waals surface area contributed by atoms with Crippen LogP contribution in [0.5, 0.6) is 0 Å². The highest BCUT2D eigenvalue weighted by atomic mass is 16.4. The molecule has 6 nitrogen and oxygen atoms in total. The first-order valence-electron chi connectivity index (χ1n) is 10.4. The maximum Gasteiger partial charge on any atom is 0.191 e. The Bertz CT molecular complexity index is 547. The number of rotatable bonds is 9. The Hall–Kier alpha value is -1.53. The first-order chi connectivity index (χ1) is 12.9. The SMILES string of the molecule is CCNC(=NCC(C)(O)c1ccco1)NCCCCN1CC(C)CC(C)C1. The Labute approximate surface area is 164 Å². The van der Waals surface area contributed by atoms with Crippen molar-refractivity contribution in [2.45, 2.75) is 52.6 Å². The van der Waals surface area contributed by atoms with Crippen molar-refractivity contribution in [2.75, 3.05) is 39.3 Å². The van der Waals surface area contributed by atoms with Crippen LogP contribution in [-0.2, 0) is 5.60 Å². The molecule has 1 fully saturated rings. The molecule has 27 heavy (non-hydrogen) atoms. The fourth-order valence-electron chi connectivity index (χ4n) is 3.88. The second kappa shape index (κ2) is 10.7. The minimum atomic E-state index is -1.10. The van der Waals surface area contributed by atoms with Crippen LogP contribution in [0.15, 0.2) is 27.8 Å².